The Balaban J connectivity index is 3.00. The van der Waals surface area contributed by atoms with Gasteiger partial charge in [-0.1, -0.05) is 13.0 Å². The van der Waals surface area contributed by atoms with E-state index < -0.39 is 10.0 Å². The molecule has 0 saturated carbocycles. The van der Waals surface area contributed by atoms with Crippen LogP contribution in [0.25, 0.3) is 0 Å². The Morgan fingerprint density at radius 1 is 1.38 bits per heavy atom. The maximum Gasteiger partial charge on any atom is 0.234 e. The van der Waals surface area contributed by atoms with Gasteiger partial charge in [0.25, 0.3) is 0 Å². The smallest absolute Gasteiger partial charge is 0.234 e. The van der Waals surface area contributed by atoms with Crippen LogP contribution in [-0.4, -0.2) is 28.3 Å². The summed E-state index contributed by atoms with van der Waals surface area (Å²) in [6, 6.07) is 7.00. The number of sulfonamides is 1. The van der Waals surface area contributed by atoms with Gasteiger partial charge in [0.1, 0.15) is 5.75 Å². The third kappa shape index (κ3) is 2.88. The largest absolute Gasteiger partial charge is 0.497 e. The van der Waals surface area contributed by atoms with E-state index in [2.05, 4.69) is 0 Å². The quantitative estimate of drug-likeness (QED) is 0.793. The first-order valence-corrected chi connectivity index (χ1v) is 6.73. The Bertz CT molecular complexity index is 442. The molecular formula is C11H17NO3S. The summed E-state index contributed by atoms with van der Waals surface area (Å²) in [5.41, 5.74) is 0.618. The Labute approximate surface area is 96.9 Å². The van der Waals surface area contributed by atoms with E-state index in [4.69, 9.17) is 4.74 Å². The third-order valence-electron chi connectivity index (χ3n) is 2.30. The van der Waals surface area contributed by atoms with Gasteiger partial charge in [0.2, 0.25) is 10.0 Å². The van der Waals surface area contributed by atoms with Crippen molar-refractivity contribution < 1.29 is 13.2 Å². The summed E-state index contributed by atoms with van der Waals surface area (Å²) < 4.78 is 30.0. The highest BCUT2D eigenvalue weighted by Gasteiger charge is 2.17. The molecule has 0 fully saturated rings. The lowest BCUT2D eigenvalue weighted by Gasteiger charge is -2.19. The maximum absolute atomic E-state index is 11.8. The van der Waals surface area contributed by atoms with Gasteiger partial charge in [-0.2, -0.15) is 0 Å². The number of anilines is 1. The van der Waals surface area contributed by atoms with Crippen molar-refractivity contribution in [1.82, 2.24) is 0 Å². The predicted molar refractivity (Wildman–Crippen MR) is 65.5 cm³/mol. The fourth-order valence-corrected chi connectivity index (χ4v) is 2.59. The molecule has 0 heterocycles. The Morgan fingerprint density at radius 2 is 2.06 bits per heavy atom. The molecule has 0 aliphatic rings. The summed E-state index contributed by atoms with van der Waals surface area (Å²) >= 11 is 0. The molecule has 0 N–H and O–H groups in total. The zero-order valence-corrected chi connectivity index (χ0v) is 10.6. The molecule has 0 atom stereocenters. The van der Waals surface area contributed by atoms with Crippen molar-refractivity contribution in [2.45, 2.75) is 13.3 Å². The number of ether oxygens (including phenoxy) is 1. The lowest BCUT2D eigenvalue weighted by Crippen LogP contribution is -2.28. The fraction of sp³-hybridized carbons (Fsp3) is 0.455. The van der Waals surface area contributed by atoms with Gasteiger partial charge >= 0.3 is 0 Å². The first kappa shape index (κ1) is 12.8. The minimum atomic E-state index is -3.21. The van der Waals surface area contributed by atoms with E-state index in [9.17, 15) is 8.42 Å². The fourth-order valence-electron chi connectivity index (χ4n) is 1.36. The first-order valence-electron chi connectivity index (χ1n) is 5.12. The van der Waals surface area contributed by atoms with Gasteiger partial charge in [-0.3, -0.25) is 4.31 Å². The summed E-state index contributed by atoms with van der Waals surface area (Å²) in [4.78, 5) is 0. The zero-order valence-electron chi connectivity index (χ0n) is 9.80. The van der Waals surface area contributed by atoms with Crippen molar-refractivity contribution in [2.75, 3.05) is 24.2 Å². The molecule has 0 radical (unpaired) electrons. The Hall–Kier alpha value is -1.23. The van der Waals surface area contributed by atoms with E-state index in [-0.39, 0.29) is 5.75 Å². The standard InChI is InChI=1S/C11H17NO3S/c1-4-8-16(13,14)12(2)10-6-5-7-11(9-10)15-3/h5-7,9H,4,8H2,1-3H3. The van der Waals surface area contributed by atoms with E-state index in [1.54, 1.807) is 38.4 Å². The molecule has 0 aromatic heterocycles. The van der Waals surface area contributed by atoms with Gasteiger partial charge in [-0.25, -0.2) is 8.42 Å². The molecule has 0 aliphatic heterocycles. The minimum Gasteiger partial charge on any atom is -0.497 e. The molecule has 1 rings (SSSR count). The van der Waals surface area contributed by atoms with Crippen molar-refractivity contribution in [3.05, 3.63) is 24.3 Å². The zero-order chi connectivity index (χ0) is 12.2. The van der Waals surface area contributed by atoms with E-state index in [0.717, 1.165) is 0 Å². The molecule has 0 aliphatic carbocycles. The molecule has 4 nitrogen and oxygen atoms in total. The van der Waals surface area contributed by atoms with Crippen LogP contribution >= 0.6 is 0 Å². The monoisotopic (exact) mass is 243 g/mol. The van der Waals surface area contributed by atoms with Gasteiger partial charge in [0.05, 0.1) is 18.6 Å². The second-order valence-electron chi connectivity index (χ2n) is 3.48. The van der Waals surface area contributed by atoms with Gasteiger partial charge in [-0.15, -0.1) is 0 Å². The van der Waals surface area contributed by atoms with Crippen LogP contribution in [-0.2, 0) is 10.0 Å². The molecule has 0 spiro atoms. The van der Waals surface area contributed by atoms with Crippen LogP contribution in [0, 0.1) is 0 Å². The summed E-state index contributed by atoms with van der Waals surface area (Å²) in [5, 5.41) is 0. The van der Waals surface area contributed by atoms with E-state index >= 15 is 0 Å². The number of methoxy groups -OCH3 is 1. The molecule has 0 unspecified atom stereocenters. The molecule has 1 aromatic carbocycles. The average Bonchev–Trinajstić information content (AvgIpc) is 2.28. The van der Waals surface area contributed by atoms with Gasteiger partial charge < -0.3 is 4.74 Å². The van der Waals surface area contributed by atoms with Crippen LogP contribution in [0.4, 0.5) is 5.69 Å². The van der Waals surface area contributed by atoms with E-state index in [1.165, 1.54) is 4.31 Å². The maximum atomic E-state index is 11.8. The molecule has 0 saturated heterocycles. The minimum absolute atomic E-state index is 0.153. The van der Waals surface area contributed by atoms with Crippen molar-refractivity contribution in [3.8, 4) is 5.75 Å². The molecule has 1 aromatic rings. The lowest BCUT2D eigenvalue weighted by molar-refractivity contribution is 0.415. The van der Waals surface area contributed by atoms with Crippen molar-refractivity contribution >= 4 is 15.7 Å². The summed E-state index contributed by atoms with van der Waals surface area (Å²) in [6.07, 6.45) is 0.608. The number of rotatable bonds is 5. The summed E-state index contributed by atoms with van der Waals surface area (Å²) in [6.45, 7) is 1.84. The molecule has 5 heteroatoms. The molecule has 0 amide bonds. The number of benzene rings is 1. The van der Waals surface area contributed by atoms with Crippen LogP contribution in [0.1, 0.15) is 13.3 Å². The van der Waals surface area contributed by atoms with Crippen LogP contribution in [0.2, 0.25) is 0 Å². The predicted octanol–water partition coefficient (Wildman–Crippen LogP) is 1.87. The Morgan fingerprint density at radius 3 is 2.62 bits per heavy atom. The molecule has 0 bridgehead atoms. The van der Waals surface area contributed by atoms with Crippen molar-refractivity contribution in [3.63, 3.8) is 0 Å². The molecular weight excluding hydrogens is 226 g/mol. The first-order chi connectivity index (χ1) is 7.51. The highest BCUT2D eigenvalue weighted by atomic mass is 32.2. The van der Waals surface area contributed by atoms with Crippen LogP contribution < -0.4 is 9.04 Å². The topological polar surface area (TPSA) is 46.6 Å². The van der Waals surface area contributed by atoms with Crippen molar-refractivity contribution in [2.24, 2.45) is 0 Å². The second-order valence-corrected chi connectivity index (χ2v) is 5.60. The summed E-state index contributed by atoms with van der Waals surface area (Å²) in [7, 11) is -0.100. The number of hydrogen-bond donors (Lipinski definition) is 0. The van der Waals surface area contributed by atoms with Crippen LogP contribution in [0.3, 0.4) is 0 Å². The highest BCUT2D eigenvalue weighted by molar-refractivity contribution is 7.92. The van der Waals surface area contributed by atoms with Crippen LogP contribution in [0.15, 0.2) is 24.3 Å². The Kier molecular flexibility index (Phi) is 4.18. The molecule has 90 valence electrons. The van der Waals surface area contributed by atoms with Crippen molar-refractivity contribution in [1.29, 1.82) is 0 Å². The lowest BCUT2D eigenvalue weighted by atomic mass is 10.3. The summed E-state index contributed by atoms with van der Waals surface area (Å²) in [5.74, 6) is 0.803. The van der Waals surface area contributed by atoms with Gasteiger partial charge in [-0.05, 0) is 18.6 Å². The van der Waals surface area contributed by atoms with E-state index in [1.807, 2.05) is 6.92 Å². The van der Waals surface area contributed by atoms with Crippen LogP contribution in [0.5, 0.6) is 5.75 Å². The molecule has 16 heavy (non-hydrogen) atoms. The number of hydrogen-bond acceptors (Lipinski definition) is 3. The van der Waals surface area contributed by atoms with Gasteiger partial charge in [0.15, 0.2) is 0 Å². The normalized spacial score (nSPS) is 11.2. The third-order valence-corrected chi connectivity index (χ3v) is 4.27. The number of nitrogens with zero attached hydrogens (tertiary/aromatic N) is 1. The average molecular weight is 243 g/mol. The second kappa shape index (κ2) is 5.21. The SMILES string of the molecule is CCCS(=O)(=O)N(C)c1cccc(OC)c1. The van der Waals surface area contributed by atoms with E-state index in [0.29, 0.717) is 17.9 Å². The highest BCUT2D eigenvalue weighted by Crippen LogP contribution is 2.22. The van der Waals surface area contributed by atoms with Gasteiger partial charge in [0, 0.05) is 13.1 Å².